The predicted octanol–water partition coefficient (Wildman–Crippen LogP) is 7.61. The molecule has 0 unspecified atom stereocenters. The van der Waals surface area contributed by atoms with E-state index >= 15 is 0 Å². The number of sulfonamides is 1. The summed E-state index contributed by atoms with van der Waals surface area (Å²) < 4.78 is 63.5. The Labute approximate surface area is 252 Å². The molecule has 3 aromatic heterocycles. The van der Waals surface area contributed by atoms with Gasteiger partial charge in [-0.25, -0.2) is 17.2 Å². The summed E-state index contributed by atoms with van der Waals surface area (Å²) in [6.07, 6.45) is 3.77. The van der Waals surface area contributed by atoms with Crippen LogP contribution in [0.2, 0.25) is 0 Å². The first-order valence-electron chi connectivity index (χ1n) is 14.2. The van der Waals surface area contributed by atoms with E-state index in [1.807, 2.05) is 18.2 Å². The van der Waals surface area contributed by atoms with E-state index in [0.29, 0.717) is 57.4 Å². The third kappa shape index (κ3) is 4.40. The smallest absolute Gasteiger partial charge is 0.232 e. The summed E-state index contributed by atoms with van der Waals surface area (Å²) in [7, 11) is -2.27. The molecule has 7 nitrogen and oxygen atoms in total. The van der Waals surface area contributed by atoms with Gasteiger partial charge in [0.1, 0.15) is 23.0 Å². The van der Waals surface area contributed by atoms with Crippen LogP contribution < -0.4 is 4.31 Å². The molecule has 7 rings (SSSR count). The molecule has 0 aliphatic carbocycles. The normalized spacial score (nSPS) is 12.8. The van der Waals surface area contributed by atoms with Crippen molar-refractivity contribution in [2.75, 3.05) is 17.6 Å². The van der Waals surface area contributed by atoms with E-state index in [4.69, 9.17) is 9.40 Å². The number of hydrogen-bond acceptors (Lipinski definition) is 5. The standard InChI is InChI=1S/C34H27F2N3O4S/c1-4-31(40)33-25-14-24(29(38(2)44(3,41)42)17-32(25)43-34(33)19-8-10-21(35)11-9-19)27-15-22-20(18-37-27)12-13-39-28-7-5-6-26(36)23(28)16-30(22)39/h5-11,14-18H,4,12-13H2,1-3H3. The summed E-state index contributed by atoms with van der Waals surface area (Å²) in [5.74, 6) is -0.620. The van der Waals surface area contributed by atoms with E-state index in [9.17, 15) is 22.0 Å². The molecule has 1 aliphatic rings. The number of furan rings is 1. The van der Waals surface area contributed by atoms with Crippen molar-refractivity contribution in [1.82, 2.24) is 9.55 Å². The molecule has 0 amide bonds. The van der Waals surface area contributed by atoms with Crippen molar-refractivity contribution in [3.8, 4) is 33.8 Å². The number of Topliss-reactive ketones (excluding diaryl/α,β-unsaturated/α-hetero) is 1. The van der Waals surface area contributed by atoms with Gasteiger partial charge in [-0.2, -0.15) is 0 Å². The van der Waals surface area contributed by atoms with Crippen LogP contribution in [0.5, 0.6) is 0 Å². The molecule has 0 spiro atoms. The number of carbonyl (C=O) groups is 1. The van der Waals surface area contributed by atoms with Crippen LogP contribution in [0, 0.1) is 11.6 Å². The van der Waals surface area contributed by atoms with Crippen molar-refractivity contribution in [2.24, 2.45) is 0 Å². The lowest BCUT2D eigenvalue weighted by Crippen LogP contribution is -2.25. The van der Waals surface area contributed by atoms with Crippen LogP contribution >= 0.6 is 0 Å². The Morgan fingerprint density at radius 1 is 1.02 bits per heavy atom. The van der Waals surface area contributed by atoms with Crippen molar-refractivity contribution in [3.05, 3.63) is 95.7 Å². The maximum atomic E-state index is 14.7. The largest absolute Gasteiger partial charge is 0.455 e. The molecule has 0 fully saturated rings. The summed E-state index contributed by atoms with van der Waals surface area (Å²) in [6, 6.07) is 17.7. The molecule has 1 aliphatic heterocycles. The maximum absolute atomic E-state index is 14.7. The highest BCUT2D eigenvalue weighted by atomic mass is 32.2. The van der Waals surface area contributed by atoms with Crippen LogP contribution in [-0.2, 0) is 23.0 Å². The summed E-state index contributed by atoms with van der Waals surface area (Å²) in [5.41, 5.74) is 5.94. The van der Waals surface area contributed by atoms with E-state index in [0.717, 1.165) is 32.9 Å². The summed E-state index contributed by atoms with van der Waals surface area (Å²) in [4.78, 5) is 18.1. The van der Waals surface area contributed by atoms with E-state index < -0.39 is 15.8 Å². The molecule has 0 saturated carbocycles. The molecule has 0 atom stereocenters. The number of halogens is 2. The predicted molar refractivity (Wildman–Crippen MR) is 167 cm³/mol. The fourth-order valence-electron chi connectivity index (χ4n) is 6.05. The van der Waals surface area contributed by atoms with E-state index in [1.165, 1.54) is 37.4 Å². The van der Waals surface area contributed by atoms with Gasteiger partial charge in [0.05, 0.1) is 28.7 Å². The van der Waals surface area contributed by atoms with Crippen molar-refractivity contribution in [3.63, 3.8) is 0 Å². The number of anilines is 1. The molecule has 6 aromatic rings. The molecule has 44 heavy (non-hydrogen) atoms. The van der Waals surface area contributed by atoms with Crippen molar-refractivity contribution in [1.29, 1.82) is 0 Å². The zero-order chi connectivity index (χ0) is 30.9. The van der Waals surface area contributed by atoms with Crippen molar-refractivity contribution < 1.29 is 26.4 Å². The van der Waals surface area contributed by atoms with Gasteiger partial charge in [0, 0.05) is 65.4 Å². The molecular formula is C34H27F2N3O4S. The van der Waals surface area contributed by atoms with Crippen molar-refractivity contribution >= 4 is 43.4 Å². The third-order valence-electron chi connectivity index (χ3n) is 8.39. The van der Waals surface area contributed by atoms with Gasteiger partial charge in [0.25, 0.3) is 0 Å². The molecular weight excluding hydrogens is 584 g/mol. The van der Waals surface area contributed by atoms with Crippen LogP contribution in [0.15, 0.2) is 77.3 Å². The summed E-state index contributed by atoms with van der Waals surface area (Å²) in [6.45, 7) is 2.42. The SMILES string of the molecule is CCC(=O)c1c(-c2ccc(F)cc2)oc2cc(N(C)S(C)(=O)=O)c(-c3cc4c(cn3)CCn3c-4cc4c(F)cccc43)cc12. The van der Waals surface area contributed by atoms with Gasteiger partial charge in [0.2, 0.25) is 10.0 Å². The number of nitrogens with zero attached hydrogens (tertiary/aromatic N) is 3. The molecule has 0 bridgehead atoms. The first kappa shape index (κ1) is 28.0. The Hall–Kier alpha value is -4.83. The number of benzene rings is 3. The Morgan fingerprint density at radius 3 is 2.52 bits per heavy atom. The highest BCUT2D eigenvalue weighted by molar-refractivity contribution is 7.92. The minimum Gasteiger partial charge on any atom is -0.455 e. The monoisotopic (exact) mass is 611 g/mol. The molecule has 4 heterocycles. The van der Waals surface area contributed by atoms with Crippen LogP contribution in [-0.4, -0.2) is 37.1 Å². The fraction of sp³-hybridized carbons (Fsp3) is 0.176. The topological polar surface area (TPSA) is 85.4 Å². The third-order valence-corrected chi connectivity index (χ3v) is 9.58. The second-order valence-electron chi connectivity index (χ2n) is 11.0. The van der Waals surface area contributed by atoms with Gasteiger partial charge in [0.15, 0.2) is 5.78 Å². The lowest BCUT2D eigenvalue weighted by Gasteiger charge is -2.23. The Morgan fingerprint density at radius 2 is 1.80 bits per heavy atom. The van der Waals surface area contributed by atoms with Gasteiger partial charge in [-0.05, 0) is 66.6 Å². The zero-order valence-electron chi connectivity index (χ0n) is 24.2. The summed E-state index contributed by atoms with van der Waals surface area (Å²) in [5, 5.41) is 1.02. The van der Waals surface area contributed by atoms with Crippen LogP contribution in [0.3, 0.4) is 0 Å². The van der Waals surface area contributed by atoms with Gasteiger partial charge in [-0.3, -0.25) is 14.1 Å². The van der Waals surface area contributed by atoms with E-state index in [1.54, 1.807) is 31.3 Å². The Balaban J connectivity index is 1.50. The highest BCUT2D eigenvalue weighted by Gasteiger charge is 2.27. The van der Waals surface area contributed by atoms with Gasteiger partial charge < -0.3 is 8.98 Å². The quantitative estimate of drug-likeness (QED) is 0.181. The highest BCUT2D eigenvalue weighted by Crippen LogP contribution is 2.43. The first-order valence-corrected chi connectivity index (χ1v) is 16.0. The van der Waals surface area contributed by atoms with Gasteiger partial charge in [-0.1, -0.05) is 13.0 Å². The number of rotatable bonds is 6. The summed E-state index contributed by atoms with van der Waals surface area (Å²) >= 11 is 0. The Bertz CT molecular complexity index is 2250. The average Bonchev–Trinajstić information content (AvgIpc) is 3.59. The average molecular weight is 612 g/mol. The number of aromatic nitrogens is 2. The molecule has 0 N–H and O–H groups in total. The number of carbonyl (C=O) groups excluding carboxylic acids is 1. The number of pyridine rings is 1. The van der Waals surface area contributed by atoms with Crippen LogP contribution in [0.25, 0.3) is 55.7 Å². The molecule has 10 heteroatoms. The number of ketones is 1. The number of fused-ring (bicyclic) bond motifs is 6. The Kier molecular flexibility index (Phi) is 6.44. The number of hydrogen-bond donors (Lipinski definition) is 0. The van der Waals surface area contributed by atoms with Crippen LogP contribution in [0.4, 0.5) is 14.5 Å². The van der Waals surface area contributed by atoms with Crippen molar-refractivity contribution in [2.45, 2.75) is 26.3 Å². The molecule has 0 saturated heterocycles. The van der Waals surface area contributed by atoms with E-state index in [2.05, 4.69) is 4.57 Å². The molecule has 3 aromatic carbocycles. The second kappa shape index (κ2) is 10.1. The fourth-order valence-corrected chi connectivity index (χ4v) is 6.56. The van der Waals surface area contributed by atoms with Crippen LogP contribution in [0.1, 0.15) is 29.3 Å². The molecule has 222 valence electrons. The maximum Gasteiger partial charge on any atom is 0.232 e. The second-order valence-corrected chi connectivity index (χ2v) is 13.0. The lowest BCUT2D eigenvalue weighted by molar-refractivity contribution is 0.0989. The minimum absolute atomic E-state index is 0.178. The minimum atomic E-state index is -3.71. The lowest BCUT2D eigenvalue weighted by atomic mass is 9.95. The van der Waals surface area contributed by atoms with Gasteiger partial charge in [-0.15, -0.1) is 0 Å². The molecule has 0 radical (unpaired) electrons. The zero-order valence-corrected chi connectivity index (χ0v) is 25.0. The van der Waals surface area contributed by atoms with Gasteiger partial charge >= 0.3 is 0 Å². The first-order chi connectivity index (χ1) is 21.0. The van der Waals surface area contributed by atoms with E-state index in [-0.39, 0.29) is 23.8 Å². The number of aryl methyl sites for hydroxylation is 2.